The third kappa shape index (κ3) is 4.69. The van der Waals surface area contributed by atoms with Crippen LogP contribution in [0.4, 0.5) is 0 Å². The highest BCUT2D eigenvalue weighted by Crippen LogP contribution is 2.40. The predicted molar refractivity (Wildman–Crippen MR) is 115 cm³/mol. The van der Waals surface area contributed by atoms with Crippen LogP contribution in [0.5, 0.6) is 0 Å². The number of aryl methyl sites for hydroxylation is 2. The van der Waals surface area contributed by atoms with Gasteiger partial charge in [0, 0.05) is 24.5 Å². The number of hydrogen-bond acceptors (Lipinski definition) is 4. The fraction of sp³-hybridized carbons (Fsp3) is 0.739. The Balaban J connectivity index is 1.42. The van der Waals surface area contributed by atoms with E-state index < -0.39 is 11.5 Å². The van der Waals surface area contributed by atoms with Crippen LogP contribution in [0.15, 0.2) is 6.07 Å². The van der Waals surface area contributed by atoms with Gasteiger partial charge in [0.2, 0.25) is 5.91 Å². The number of nitrogens with zero attached hydrogens (tertiary/aromatic N) is 1. The van der Waals surface area contributed by atoms with Crippen LogP contribution in [0.1, 0.15) is 84.3 Å². The Bertz CT molecular complexity index is 713. The zero-order valence-corrected chi connectivity index (χ0v) is 18.2. The average molecular weight is 419 g/mol. The van der Waals surface area contributed by atoms with Crippen molar-refractivity contribution in [3.05, 3.63) is 21.4 Å². The van der Waals surface area contributed by atoms with E-state index >= 15 is 0 Å². The van der Waals surface area contributed by atoms with Gasteiger partial charge in [-0.15, -0.1) is 11.3 Å². The molecule has 5 nitrogen and oxygen atoms in total. The summed E-state index contributed by atoms with van der Waals surface area (Å²) in [7, 11) is 0. The largest absolute Gasteiger partial charge is 0.391 e. The molecule has 1 atom stereocenters. The molecule has 1 unspecified atom stereocenters. The molecule has 6 heteroatoms. The number of carbonyl (C=O) groups excluding carboxylic acids is 2. The first-order valence-electron chi connectivity index (χ1n) is 11.4. The quantitative estimate of drug-likeness (QED) is 0.784. The number of piperidine rings is 1. The molecule has 0 radical (unpaired) electrons. The van der Waals surface area contributed by atoms with E-state index in [0.717, 1.165) is 62.8 Å². The monoisotopic (exact) mass is 418 g/mol. The number of rotatable bonds is 4. The lowest BCUT2D eigenvalue weighted by Crippen LogP contribution is -2.52. The first-order chi connectivity index (χ1) is 14.1. The van der Waals surface area contributed by atoms with E-state index in [1.807, 2.05) is 4.90 Å². The highest BCUT2D eigenvalue weighted by molar-refractivity contribution is 7.14. The molecule has 3 aliphatic rings. The van der Waals surface area contributed by atoms with Crippen LogP contribution in [0.3, 0.4) is 0 Å². The van der Waals surface area contributed by atoms with Crippen molar-refractivity contribution in [2.75, 3.05) is 19.6 Å². The summed E-state index contributed by atoms with van der Waals surface area (Å²) < 4.78 is 0. The lowest BCUT2D eigenvalue weighted by atomic mass is 9.83. The van der Waals surface area contributed by atoms with Gasteiger partial charge in [-0.05, 0) is 63.0 Å². The summed E-state index contributed by atoms with van der Waals surface area (Å²) in [5.74, 6) is 0.104. The smallest absolute Gasteiger partial charge is 0.261 e. The van der Waals surface area contributed by atoms with Crippen molar-refractivity contribution in [2.24, 2.45) is 5.41 Å². The van der Waals surface area contributed by atoms with Crippen LogP contribution >= 0.6 is 11.3 Å². The van der Waals surface area contributed by atoms with Crippen molar-refractivity contribution in [3.8, 4) is 0 Å². The highest BCUT2D eigenvalue weighted by atomic mass is 32.1. The Morgan fingerprint density at radius 3 is 2.62 bits per heavy atom. The maximum Gasteiger partial charge on any atom is 0.261 e. The molecule has 1 saturated heterocycles. The van der Waals surface area contributed by atoms with Gasteiger partial charge in [0.1, 0.15) is 0 Å². The van der Waals surface area contributed by atoms with Gasteiger partial charge in [-0.1, -0.05) is 25.7 Å². The fourth-order valence-corrected chi connectivity index (χ4v) is 6.46. The third-order valence-corrected chi connectivity index (χ3v) is 8.24. The van der Waals surface area contributed by atoms with E-state index in [1.54, 1.807) is 11.3 Å². The number of nitrogens with one attached hydrogen (secondary N) is 1. The number of thiophene rings is 1. The van der Waals surface area contributed by atoms with Crippen molar-refractivity contribution in [3.63, 3.8) is 0 Å². The lowest BCUT2D eigenvalue weighted by molar-refractivity contribution is -0.144. The molecular weight excluding hydrogens is 384 g/mol. The minimum atomic E-state index is -0.488. The van der Waals surface area contributed by atoms with Crippen LogP contribution in [-0.4, -0.2) is 47.6 Å². The molecule has 0 spiro atoms. The molecule has 2 fully saturated rings. The topological polar surface area (TPSA) is 69.6 Å². The molecule has 2 heterocycles. The van der Waals surface area contributed by atoms with Crippen molar-refractivity contribution in [2.45, 2.75) is 83.2 Å². The van der Waals surface area contributed by atoms with Crippen LogP contribution < -0.4 is 5.32 Å². The second-order valence-electron chi connectivity index (χ2n) is 9.19. The summed E-state index contributed by atoms with van der Waals surface area (Å²) in [5, 5.41) is 13.1. The first kappa shape index (κ1) is 20.9. The molecule has 2 aliphatic carbocycles. The van der Waals surface area contributed by atoms with Gasteiger partial charge in [-0.3, -0.25) is 9.59 Å². The van der Waals surface area contributed by atoms with E-state index in [1.165, 1.54) is 36.1 Å². The molecule has 0 bridgehead atoms. The predicted octanol–water partition coefficient (Wildman–Crippen LogP) is 3.68. The van der Waals surface area contributed by atoms with Gasteiger partial charge in [0.15, 0.2) is 0 Å². The molecule has 1 saturated carbocycles. The number of fused-ring (bicyclic) bond motifs is 1. The summed E-state index contributed by atoms with van der Waals surface area (Å²) in [6.07, 6.45) is 12.1. The Morgan fingerprint density at radius 2 is 1.86 bits per heavy atom. The lowest BCUT2D eigenvalue weighted by Gasteiger charge is -2.38. The zero-order valence-electron chi connectivity index (χ0n) is 17.4. The Hall–Kier alpha value is -1.40. The summed E-state index contributed by atoms with van der Waals surface area (Å²) in [5.41, 5.74) is 0.868. The molecule has 29 heavy (non-hydrogen) atoms. The van der Waals surface area contributed by atoms with E-state index in [9.17, 15) is 14.7 Å². The van der Waals surface area contributed by atoms with Crippen molar-refractivity contribution in [1.29, 1.82) is 0 Å². The first-order valence-corrected chi connectivity index (χ1v) is 12.3. The molecule has 4 rings (SSSR count). The van der Waals surface area contributed by atoms with Crippen molar-refractivity contribution < 1.29 is 14.7 Å². The molecule has 160 valence electrons. The molecule has 1 aliphatic heterocycles. The average Bonchev–Trinajstić information content (AvgIpc) is 3.33. The van der Waals surface area contributed by atoms with Gasteiger partial charge in [-0.25, -0.2) is 0 Å². The number of β-amino-alcohol motifs (C(OH)–C–C–N with tert-alkyl or cyclic N) is 1. The number of carbonyl (C=O) groups is 2. The zero-order chi connectivity index (χ0) is 20.3. The maximum absolute atomic E-state index is 13.3. The Morgan fingerprint density at radius 1 is 1.10 bits per heavy atom. The molecule has 1 aromatic rings. The van der Waals surface area contributed by atoms with Crippen LogP contribution in [0, 0.1) is 5.41 Å². The van der Waals surface area contributed by atoms with E-state index in [2.05, 4.69) is 11.4 Å². The number of aliphatic hydroxyl groups is 1. The van der Waals surface area contributed by atoms with Gasteiger partial charge < -0.3 is 15.3 Å². The molecule has 2 amide bonds. The van der Waals surface area contributed by atoms with Gasteiger partial charge in [0.05, 0.1) is 16.4 Å². The standard InChI is InChI=1S/C23H34N2O3S/c26-18-9-7-13-25(15-18)22(28)23(11-5-6-12-23)16-24-21(27)20-14-17-8-3-1-2-4-10-19(17)29-20/h14,18,26H,1-13,15-16H2,(H,24,27). The summed E-state index contributed by atoms with van der Waals surface area (Å²) in [4.78, 5) is 30.2. The number of likely N-dealkylation sites (tertiary alicyclic amines) is 1. The van der Waals surface area contributed by atoms with Crippen molar-refractivity contribution >= 4 is 23.2 Å². The Kier molecular flexibility index (Phi) is 6.60. The summed E-state index contributed by atoms with van der Waals surface area (Å²) in [6, 6.07) is 2.09. The fourth-order valence-electron chi connectivity index (χ4n) is 5.29. The van der Waals surface area contributed by atoms with Gasteiger partial charge in [-0.2, -0.15) is 0 Å². The summed E-state index contributed by atoms with van der Waals surface area (Å²) >= 11 is 1.64. The third-order valence-electron chi connectivity index (χ3n) is 7.01. The maximum atomic E-state index is 13.3. The van der Waals surface area contributed by atoms with E-state index in [-0.39, 0.29) is 11.8 Å². The van der Waals surface area contributed by atoms with Gasteiger partial charge >= 0.3 is 0 Å². The number of hydrogen-bond donors (Lipinski definition) is 2. The second kappa shape index (κ2) is 9.17. The van der Waals surface area contributed by atoms with Crippen LogP contribution in [-0.2, 0) is 17.6 Å². The van der Waals surface area contributed by atoms with E-state index in [4.69, 9.17) is 0 Å². The SMILES string of the molecule is O=C(NCC1(C(=O)N2CCCC(O)C2)CCCC1)c1cc2c(s1)CCCCCC2. The molecule has 2 N–H and O–H groups in total. The second-order valence-corrected chi connectivity index (χ2v) is 10.3. The molecule has 1 aromatic heterocycles. The van der Waals surface area contributed by atoms with Gasteiger partial charge in [0.25, 0.3) is 5.91 Å². The normalized spacial score (nSPS) is 24.4. The minimum absolute atomic E-state index is 0.0282. The minimum Gasteiger partial charge on any atom is -0.391 e. The molecular formula is C23H34N2O3S. The Labute approximate surface area is 177 Å². The van der Waals surface area contributed by atoms with Crippen molar-refractivity contribution in [1.82, 2.24) is 10.2 Å². The van der Waals surface area contributed by atoms with E-state index in [0.29, 0.717) is 13.1 Å². The summed E-state index contributed by atoms with van der Waals surface area (Å²) in [6.45, 7) is 1.58. The number of aliphatic hydroxyl groups excluding tert-OH is 1. The highest BCUT2D eigenvalue weighted by Gasteiger charge is 2.44. The van der Waals surface area contributed by atoms with Crippen LogP contribution in [0.25, 0.3) is 0 Å². The molecule has 0 aromatic carbocycles. The number of amides is 2. The van der Waals surface area contributed by atoms with Crippen LogP contribution in [0.2, 0.25) is 0 Å².